The van der Waals surface area contributed by atoms with E-state index < -0.39 is 0 Å². The van der Waals surface area contributed by atoms with E-state index in [1.54, 1.807) is 34.1 Å². The molecule has 1 aliphatic rings. The summed E-state index contributed by atoms with van der Waals surface area (Å²) in [4.78, 5) is 27.5. The molecule has 0 unspecified atom stereocenters. The van der Waals surface area contributed by atoms with Gasteiger partial charge in [0.05, 0.1) is 0 Å². The van der Waals surface area contributed by atoms with Gasteiger partial charge in [0.25, 0.3) is 0 Å². The van der Waals surface area contributed by atoms with Crippen LogP contribution in [0.4, 0.5) is 10.5 Å². The number of carbonyl (C=O) groups excluding carboxylic acids is 2. The molecule has 1 aromatic carbocycles. The zero-order valence-corrected chi connectivity index (χ0v) is 13.3. The van der Waals surface area contributed by atoms with Crippen LogP contribution < -0.4 is 5.32 Å². The highest BCUT2D eigenvalue weighted by Gasteiger charge is 2.21. The molecule has 1 fully saturated rings. The molecule has 7 heteroatoms. The standard InChI is InChI=1S/C15H20ClN3O3/c1-22-11-14(20)18-6-3-7-19(9-8-18)15(21)17-13-5-2-4-12(16)10-13/h2,4-5,10H,3,6-9,11H2,1H3,(H,17,21). The van der Waals surface area contributed by atoms with E-state index in [2.05, 4.69) is 5.32 Å². The zero-order valence-electron chi connectivity index (χ0n) is 12.5. The van der Waals surface area contributed by atoms with Crippen molar-refractivity contribution in [3.63, 3.8) is 0 Å². The molecule has 120 valence electrons. The van der Waals surface area contributed by atoms with Gasteiger partial charge >= 0.3 is 6.03 Å². The van der Waals surface area contributed by atoms with Crippen molar-refractivity contribution in [1.29, 1.82) is 0 Å². The number of anilines is 1. The number of ether oxygens (including phenoxy) is 1. The fourth-order valence-corrected chi connectivity index (χ4v) is 2.54. The second-order valence-corrected chi connectivity index (χ2v) is 5.53. The van der Waals surface area contributed by atoms with Crippen molar-refractivity contribution >= 4 is 29.2 Å². The van der Waals surface area contributed by atoms with Gasteiger partial charge in [-0.25, -0.2) is 4.79 Å². The Hall–Kier alpha value is -1.79. The van der Waals surface area contributed by atoms with Gasteiger partial charge in [-0.1, -0.05) is 17.7 Å². The van der Waals surface area contributed by atoms with Crippen LogP contribution in [0.15, 0.2) is 24.3 Å². The summed E-state index contributed by atoms with van der Waals surface area (Å²) in [5.41, 5.74) is 0.661. The van der Waals surface area contributed by atoms with Crippen molar-refractivity contribution in [3.8, 4) is 0 Å². The third-order valence-corrected chi connectivity index (χ3v) is 3.71. The maximum atomic E-state index is 12.3. The maximum absolute atomic E-state index is 12.3. The number of nitrogens with zero attached hydrogens (tertiary/aromatic N) is 2. The third kappa shape index (κ3) is 4.61. The molecule has 1 N–H and O–H groups in total. The van der Waals surface area contributed by atoms with E-state index in [-0.39, 0.29) is 18.5 Å². The van der Waals surface area contributed by atoms with Crippen molar-refractivity contribution in [2.45, 2.75) is 6.42 Å². The van der Waals surface area contributed by atoms with Crippen LogP contribution in [0.1, 0.15) is 6.42 Å². The molecule has 0 saturated carbocycles. The largest absolute Gasteiger partial charge is 0.375 e. The first-order valence-electron chi connectivity index (χ1n) is 7.18. The van der Waals surface area contributed by atoms with Gasteiger partial charge in [0.2, 0.25) is 5.91 Å². The van der Waals surface area contributed by atoms with Crippen LogP contribution in [0, 0.1) is 0 Å². The molecule has 22 heavy (non-hydrogen) atoms. The van der Waals surface area contributed by atoms with Crippen molar-refractivity contribution < 1.29 is 14.3 Å². The van der Waals surface area contributed by atoms with Crippen molar-refractivity contribution in [3.05, 3.63) is 29.3 Å². The minimum absolute atomic E-state index is 0.0420. The first-order chi connectivity index (χ1) is 10.6. The Morgan fingerprint density at radius 3 is 2.68 bits per heavy atom. The monoisotopic (exact) mass is 325 g/mol. The molecule has 0 aliphatic carbocycles. The predicted molar refractivity (Wildman–Crippen MR) is 85.1 cm³/mol. The Morgan fingerprint density at radius 2 is 1.95 bits per heavy atom. The number of nitrogens with one attached hydrogen (secondary N) is 1. The minimum Gasteiger partial charge on any atom is -0.375 e. The highest BCUT2D eigenvalue weighted by atomic mass is 35.5. The zero-order chi connectivity index (χ0) is 15.9. The summed E-state index contributed by atoms with van der Waals surface area (Å²) in [6, 6.07) is 6.85. The van der Waals surface area contributed by atoms with Crippen LogP contribution in [0.5, 0.6) is 0 Å². The van der Waals surface area contributed by atoms with Crippen molar-refractivity contribution in [1.82, 2.24) is 9.80 Å². The number of hydrogen-bond donors (Lipinski definition) is 1. The molecule has 0 spiro atoms. The Kier molecular flexibility index (Phi) is 6.03. The number of benzene rings is 1. The molecule has 6 nitrogen and oxygen atoms in total. The second-order valence-electron chi connectivity index (χ2n) is 5.09. The summed E-state index contributed by atoms with van der Waals surface area (Å²) in [5.74, 6) is -0.0420. The molecule has 1 aliphatic heterocycles. The van der Waals surface area contributed by atoms with Gasteiger partial charge in [0, 0.05) is 44.0 Å². The number of halogens is 1. The molecule has 0 radical (unpaired) electrons. The summed E-state index contributed by atoms with van der Waals surface area (Å²) in [5, 5.41) is 3.40. The Balaban J connectivity index is 1.90. The smallest absolute Gasteiger partial charge is 0.321 e. The lowest BCUT2D eigenvalue weighted by Crippen LogP contribution is -2.40. The number of rotatable bonds is 3. The van der Waals surface area contributed by atoms with Gasteiger partial charge in [-0.3, -0.25) is 4.79 Å². The van der Waals surface area contributed by atoms with Gasteiger partial charge in [0.1, 0.15) is 6.61 Å². The lowest BCUT2D eigenvalue weighted by atomic mass is 10.3. The van der Waals surface area contributed by atoms with E-state index in [1.165, 1.54) is 7.11 Å². The van der Waals surface area contributed by atoms with Gasteiger partial charge in [-0.15, -0.1) is 0 Å². The first-order valence-corrected chi connectivity index (χ1v) is 7.56. The van der Waals surface area contributed by atoms with Crippen molar-refractivity contribution in [2.75, 3.05) is 45.2 Å². The van der Waals surface area contributed by atoms with Gasteiger partial charge < -0.3 is 19.9 Å². The van der Waals surface area contributed by atoms with Gasteiger partial charge in [-0.05, 0) is 24.6 Å². The van der Waals surface area contributed by atoms with Crippen LogP contribution in [0.3, 0.4) is 0 Å². The summed E-state index contributed by atoms with van der Waals surface area (Å²) in [6.45, 7) is 2.36. The number of carbonyl (C=O) groups is 2. The fourth-order valence-electron chi connectivity index (χ4n) is 2.35. The number of hydrogen-bond acceptors (Lipinski definition) is 3. The quantitative estimate of drug-likeness (QED) is 0.925. The van der Waals surface area contributed by atoms with Gasteiger partial charge in [-0.2, -0.15) is 0 Å². The predicted octanol–water partition coefficient (Wildman–Crippen LogP) is 2.05. The van der Waals surface area contributed by atoms with Crippen LogP contribution in [-0.2, 0) is 9.53 Å². The first kappa shape index (κ1) is 16.6. The highest BCUT2D eigenvalue weighted by Crippen LogP contribution is 2.15. The number of methoxy groups -OCH3 is 1. The number of urea groups is 1. The Labute approximate surface area is 135 Å². The third-order valence-electron chi connectivity index (χ3n) is 3.48. The Bertz CT molecular complexity index is 539. The molecule has 0 atom stereocenters. The topological polar surface area (TPSA) is 61.9 Å². The van der Waals surface area contributed by atoms with E-state index in [4.69, 9.17) is 16.3 Å². The summed E-state index contributed by atoms with van der Waals surface area (Å²) < 4.78 is 4.87. The normalized spacial score (nSPS) is 15.4. The summed E-state index contributed by atoms with van der Waals surface area (Å²) >= 11 is 5.90. The van der Waals surface area contributed by atoms with E-state index in [0.29, 0.717) is 36.9 Å². The minimum atomic E-state index is -0.177. The molecule has 1 saturated heterocycles. The summed E-state index contributed by atoms with van der Waals surface area (Å²) in [6.07, 6.45) is 0.748. The van der Waals surface area contributed by atoms with E-state index in [9.17, 15) is 9.59 Å². The molecular formula is C15H20ClN3O3. The highest BCUT2D eigenvalue weighted by molar-refractivity contribution is 6.30. The lowest BCUT2D eigenvalue weighted by Gasteiger charge is -2.22. The van der Waals surface area contributed by atoms with Crippen LogP contribution >= 0.6 is 11.6 Å². The average molecular weight is 326 g/mol. The van der Waals surface area contributed by atoms with Gasteiger partial charge in [0.15, 0.2) is 0 Å². The van der Waals surface area contributed by atoms with Crippen LogP contribution in [-0.4, -0.2) is 61.6 Å². The van der Waals surface area contributed by atoms with E-state index in [1.807, 2.05) is 0 Å². The second kappa shape index (κ2) is 8.00. The number of amides is 3. The lowest BCUT2D eigenvalue weighted by molar-refractivity contribution is -0.134. The van der Waals surface area contributed by atoms with E-state index >= 15 is 0 Å². The molecule has 3 amide bonds. The maximum Gasteiger partial charge on any atom is 0.321 e. The molecule has 1 aromatic rings. The van der Waals surface area contributed by atoms with Crippen molar-refractivity contribution in [2.24, 2.45) is 0 Å². The molecule has 2 rings (SSSR count). The molecule has 0 aromatic heterocycles. The molecule has 0 bridgehead atoms. The SMILES string of the molecule is COCC(=O)N1CCCN(C(=O)Nc2cccc(Cl)c2)CC1. The Morgan fingerprint density at radius 1 is 1.23 bits per heavy atom. The van der Waals surface area contributed by atoms with Crippen LogP contribution in [0.25, 0.3) is 0 Å². The molecular weight excluding hydrogens is 306 g/mol. The average Bonchev–Trinajstić information content (AvgIpc) is 2.73. The fraction of sp³-hybridized carbons (Fsp3) is 0.467. The molecule has 1 heterocycles. The summed E-state index contributed by atoms with van der Waals surface area (Å²) in [7, 11) is 1.50. The van der Waals surface area contributed by atoms with Crippen LogP contribution in [0.2, 0.25) is 5.02 Å². The van der Waals surface area contributed by atoms with E-state index in [0.717, 1.165) is 6.42 Å².